The first-order chi connectivity index (χ1) is 13.1. The van der Waals surface area contributed by atoms with E-state index in [1.807, 2.05) is 42.5 Å². The van der Waals surface area contributed by atoms with Crippen LogP contribution < -0.4 is 0 Å². The molecular weight excluding hydrogens is 356 g/mol. The van der Waals surface area contributed by atoms with Crippen molar-refractivity contribution in [2.45, 2.75) is 42.6 Å². The van der Waals surface area contributed by atoms with Crippen LogP contribution in [-0.4, -0.2) is 24.7 Å². The van der Waals surface area contributed by atoms with Gasteiger partial charge in [-0.2, -0.15) is 0 Å². The van der Waals surface area contributed by atoms with Gasteiger partial charge in [-0.1, -0.05) is 55.0 Å². The molecule has 3 aromatic rings. The normalized spacial score (nSPS) is 26.9. The van der Waals surface area contributed by atoms with Crippen LogP contribution in [0.25, 0.3) is 21.5 Å². The van der Waals surface area contributed by atoms with Crippen LogP contribution in [0, 0.1) is 5.92 Å². The Bertz CT molecular complexity index is 1140. The summed E-state index contributed by atoms with van der Waals surface area (Å²) >= 11 is 0. The summed E-state index contributed by atoms with van der Waals surface area (Å²) in [7, 11) is -3.04. The fraction of sp³-hybridized carbons (Fsp3) is 0.348. The zero-order chi connectivity index (χ0) is 18.6. The standard InChI is InChI=1S/C23H22O3S/c24-23(16-12-17-7-5-8-18(13-16)27(17,25)26)22-14-15-6-1-2-9-19(15)20-10-3-4-11-21(20)22/h1-4,6,9-11,14,16-18H,5,7-8,12-13H2. The second-order valence-corrected chi connectivity index (χ2v) is 10.5. The third-order valence-corrected chi connectivity index (χ3v) is 9.20. The molecular formula is C23H22O3S. The van der Waals surface area contributed by atoms with E-state index in [2.05, 4.69) is 12.1 Å². The molecule has 2 saturated heterocycles. The number of ketones is 1. The van der Waals surface area contributed by atoms with E-state index in [0.29, 0.717) is 25.7 Å². The Morgan fingerprint density at radius 3 is 2.11 bits per heavy atom. The maximum absolute atomic E-state index is 13.5. The van der Waals surface area contributed by atoms with Crippen LogP contribution in [0.2, 0.25) is 0 Å². The Kier molecular flexibility index (Phi) is 3.87. The number of hydrogen-bond donors (Lipinski definition) is 0. The predicted molar refractivity (Wildman–Crippen MR) is 109 cm³/mol. The lowest BCUT2D eigenvalue weighted by Crippen LogP contribution is -2.45. The monoisotopic (exact) mass is 378 g/mol. The maximum Gasteiger partial charge on any atom is 0.166 e. The molecule has 0 aliphatic carbocycles. The average molecular weight is 378 g/mol. The molecule has 5 rings (SSSR count). The largest absolute Gasteiger partial charge is 0.294 e. The first-order valence-corrected chi connectivity index (χ1v) is 11.3. The van der Waals surface area contributed by atoms with Crippen molar-refractivity contribution in [2.75, 3.05) is 0 Å². The molecule has 2 atom stereocenters. The van der Waals surface area contributed by atoms with Crippen LogP contribution in [0.15, 0.2) is 54.6 Å². The van der Waals surface area contributed by atoms with Crippen molar-refractivity contribution in [2.24, 2.45) is 5.92 Å². The lowest BCUT2D eigenvalue weighted by molar-refractivity contribution is 0.0896. The summed E-state index contributed by atoms with van der Waals surface area (Å²) in [4.78, 5) is 13.5. The third kappa shape index (κ3) is 2.61. The molecule has 3 aromatic carbocycles. The molecule has 138 valence electrons. The summed E-state index contributed by atoms with van der Waals surface area (Å²) in [6.07, 6.45) is 3.36. The van der Waals surface area contributed by atoms with Gasteiger partial charge in [0.2, 0.25) is 0 Å². The smallest absolute Gasteiger partial charge is 0.166 e. The van der Waals surface area contributed by atoms with Crippen molar-refractivity contribution in [1.82, 2.24) is 0 Å². The maximum atomic E-state index is 13.5. The molecule has 2 fully saturated rings. The van der Waals surface area contributed by atoms with Crippen LogP contribution in [0.5, 0.6) is 0 Å². The quantitative estimate of drug-likeness (QED) is 0.470. The van der Waals surface area contributed by atoms with Gasteiger partial charge in [-0.15, -0.1) is 0 Å². The van der Waals surface area contributed by atoms with Crippen LogP contribution in [0.3, 0.4) is 0 Å². The van der Waals surface area contributed by atoms with Crippen LogP contribution in [0.4, 0.5) is 0 Å². The average Bonchev–Trinajstić information content (AvgIpc) is 2.66. The number of carbonyl (C=O) groups is 1. The second kappa shape index (κ2) is 6.16. The number of sulfone groups is 1. The molecule has 0 N–H and O–H groups in total. The predicted octanol–water partition coefficient (Wildman–Crippen LogP) is 4.92. The van der Waals surface area contributed by atoms with E-state index in [1.165, 1.54) is 0 Å². The van der Waals surface area contributed by atoms with Crippen molar-refractivity contribution in [1.29, 1.82) is 0 Å². The number of Topliss-reactive ketones (excluding diaryl/α,β-unsaturated/α-hetero) is 1. The molecule has 2 bridgehead atoms. The first kappa shape index (κ1) is 16.9. The number of benzene rings is 3. The van der Waals surface area contributed by atoms with E-state index < -0.39 is 9.84 Å². The second-order valence-electron chi connectivity index (χ2n) is 7.99. The van der Waals surface area contributed by atoms with E-state index >= 15 is 0 Å². The zero-order valence-corrected chi connectivity index (χ0v) is 15.9. The zero-order valence-electron chi connectivity index (χ0n) is 15.1. The Morgan fingerprint density at radius 1 is 0.815 bits per heavy atom. The van der Waals surface area contributed by atoms with Gasteiger partial charge in [0.05, 0.1) is 10.5 Å². The molecule has 2 aliphatic rings. The Balaban J connectivity index is 1.62. The van der Waals surface area contributed by atoms with Gasteiger partial charge in [-0.25, -0.2) is 8.42 Å². The summed E-state index contributed by atoms with van der Waals surface area (Å²) in [5, 5.41) is 3.61. The molecule has 0 saturated carbocycles. The van der Waals surface area contributed by atoms with Gasteiger partial charge in [0, 0.05) is 11.5 Å². The highest BCUT2D eigenvalue weighted by Gasteiger charge is 2.46. The van der Waals surface area contributed by atoms with Crippen LogP contribution in [0.1, 0.15) is 42.5 Å². The molecule has 0 radical (unpaired) electrons. The van der Waals surface area contributed by atoms with Crippen molar-refractivity contribution in [3.8, 4) is 0 Å². The lowest BCUT2D eigenvalue weighted by atomic mass is 9.82. The van der Waals surface area contributed by atoms with Crippen LogP contribution in [-0.2, 0) is 9.84 Å². The molecule has 2 heterocycles. The summed E-state index contributed by atoms with van der Waals surface area (Å²) in [6, 6.07) is 18.2. The van der Waals surface area contributed by atoms with Gasteiger partial charge in [0.15, 0.2) is 15.6 Å². The van der Waals surface area contributed by atoms with Gasteiger partial charge in [0.25, 0.3) is 0 Å². The number of hydrogen-bond acceptors (Lipinski definition) is 3. The molecule has 2 unspecified atom stereocenters. The van der Waals surface area contributed by atoms with Crippen LogP contribution >= 0.6 is 0 Å². The fourth-order valence-corrected chi connectivity index (χ4v) is 7.64. The molecule has 0 aromatic heterocycles. The van der Waals surface area contributed by atoms with Gasteiger partial charge >= 0.3 is 0 Å². The minimum atomic E-state index is -3.04. The minimum absolute atomic E-state index is 0.115. The highest BCUT2D eigenvalue weighted by atomic mass is 32.2. The van der Waals surface area contributed by atoms with Gasteiger partial charge in [-0.05, 0) is 53.3 Å². The van der Waals surface area contributed by atoms with Crippen molar-refractivity contribution in [3.63, 3.8) is 0 Å². The summed E-state index contributed by atoms with van der Waals surface area (Å²) in [5.41, 5.74) is 0.742. The fourth-order valence-electron chi connectivity index (χ4n) is 5.10. The topological polar surface area (TPSA) is 51.2 Å². The number of fused-ring (bicyclic) bond motifs is 5. The van der Waals surface area contributed by atoms with E-state index in [4.69, 9.17) is 0 Å². The molecule has 3 nitrogen and oxygen atoms in total. The summed E-state index contributed by atoms with van der Waals surface area (Å²) < 4.78 is 25.2. The van der Waals surface area contributed by atoms with Gasteiger partial charge in [-0.3, -0.25) is 4.79 Å². The number of carbonyl (C=O) groups excluding carboxylic acids is 1. The summed E-state index contributed by atoms with van der Waals surface area (Å²) in [5.74, 6) is -0.0721. The molecule has 0 amide bonds. The Labute approximate surface area is 159 Å². The number of rotatable bonds is 2. The van der Waals surface area contributed by atoms with E-state index in [1.54, 1.807) is 0 Å². The highest BCUT2D eigenvalue weighted by molar-refractivity contribution is 7.92. The Hall–Kier alpha value is -2.20. The van der Waals surface area contributed by atoms with E-state index in [0.717, 1.165) is 33.5 Å². The molecule has 4 heteroatoms. The van der Waals surface area contributed by atoms with E-state index in [-0.39, 0.29) is 22.2 Å². The van der Waals surface area contributed by atoms with Crippen molar-refractivity contribution < 1.29 is 13.2 Å². The Morgan fingerprint density at radius 2 is 1.41 bits per heavy atom. The van der Waals surface area contributed by atoms with Crippen molar-refractivity contribution >= 4 is 37.2 Å². The molecule has 2 aliphatic heterocycles. The first-order valence-electron chi connectivity index (χ1n) is 9.73. The van der Waals surface area contributed by atoms with Gasteiger partial charge in [0.1, 0.15) is 0 Å². The lowest BCUT2D eigenvalue weighted by Gasteiger charge is -2.38. The van der Waals surface area contributed by atoms with Gasteiger partial charge < -0.3 is 0 Å². The highest BCUT2D eigenvalue weighted by Crippen LogP contribution is 2.41. The molecule has 27 heavy (non-hydrogen) atoms. The van der Waals surface area contributed by atoms with Crippen molar-refractivity contribution in [3.05, 3.63) is 60.2 Å². The third-order valence-electron chi connectivity index (χ3n) is 6.48. The molecule has 0 spiro atoms. The SMILES string of the molecule is O=C(c1cc2ccccc2c2ccccc12)C1CC2CCCC(C1)S2(=O)=O. The summed E-state index contributed by atoms with van der Waals surface area (Å²) in [6.45, 7) is 0. The van der Waals surface area contributed by atoms with E-state index in [9.17, 15) is 13.2 Å². The minimum Gasteiger partial charge on any atom is -0.294 e.